The van der Waals surface area contributed by atoms with Crippen LogP contribution in [0.3, 0.4) is 0 Å². The molecule has 2 nitrogen and oxygen atoms in total. The van der Waals surface area contributed by atoms with Crippen LogP contribution in [0.15, 0.2) is 42.0 Å². The Hall–Kier alpha value is -1.84. The van der Waals surface area contributed by atoms with E-state index in [1.807, 2.05) is 0 Å². The van der Waals surface area contributed by atoms with Crippen molar-refractivity contribution in [3.63, 3.8) is 0 Å². The molecule has 0 atom stereocenters. The molecule has 1 saturated heterocycles. The fourth-order valence-electron chi connectivity index (χ4n) is 4.08. The first-order valence-electron chi connectivity index (χ1n) is 10.2. The average molecular weight is 400 g/mol. The third kappa shape index (κ3) is 4.42. The quantitative estimate of drug-likeness (QED) is 0.536. The number of hydrogen-bond acceptors (Lipinski definition) is 2. The summed E-state index contributed by atoms with van der Waals surface area (Å²) in [6, 6.07) is 11.3. The molecular weight excluding hydrogens is 373 g/mol. The van der Waals surface area contributed by atoms with Gasteiger partial charge in [-0.1, -0.05) is 29.3 Å². The molecule has 148 valence electrons. The van der Waals surface area contributed by atoms with Crippen LogP contribution in [0.2, 0.25) is 5.02 Å². The van der Waals surface area contributed by atoms with Crippen LogP contribution in [-0.4, -0.2) is 31.1 Å². The Labute approximate surface area is 172 Å². The summed E-state index contributed by atoms with van der Waals surface area (Å²) in [6.45, 7) is 6.46. The molecule has 1 aliphatic carbocycles. The van der Waals surface area contributed by atoms with Gasteiger partial charge < -0.3 is 4.74 Å². The van der Waals surface area contributed by atoms with E-state index in [9.17, 15) is 4.39 Å². The van der Waals surface area contributed by atoms with E-state index in [0.717, 1.165) is 31.6 Å². The van der Waals surface area contributed by atoms with E-state index in [0.29, 0.717) is 23.6 Å². The topological polar surface area (TPSA) is 12.5 Å². The number of rotatable bonds is 7. The third-order valence-corrected chi connectivity index (χ3v) is 6.18. The second-order valence-corrected chi connectivity index (χ2v) is 8.30. The predicted molar refractivity (Wildman–Crippen MR) is 114 cm³/mol. The van der Waals surface area contributed by atoms with Gasteiger partial charge in [0.2, 0.25) is 0 Å². The first-order valence-corrected chi connectivity index (χ1v) is 10.6. The van der Waals surface area contributed by atoms with E-state index < -0.39 is 0 Å². The molecule has 0 aromatic heterocycles. The molecule has 0 unspecified atom stereocenters. The predicted octanol–water partition coefficient (Wildman–Crippen LogP) is 5.92. The van der Waals surface area contributed by atoms with Crippen molar-refractivity contribution in [3.05, 3.63) is 69.5 Å². The fraction of sp³-hybridized carbons (Fsp3) is 0.417. The Balaban J connectivity index is 1.33. The summed E-state index contributed by atoms with van der Waals surface area (Å²) in [5, 5.41) is 0.434. The van der Waals surface area contributed by atoms with Crippen LogP contribution in [0.4, 0.5) is 4.39 Å². The summed E-state index contributed by atoms with van der Waals surface area (Å²) in [5.74, 6) is 0.673. The Morgan fingerprint density at radius 1 is 1.11 bits per heavy atom. The molecule has 1 aliphatic heterocycles. The maximum Gasteiger partial charge on any atom is 0.127 e. The number of aryl methyl sites for hydroxylation is 2. The lowest BCUT2D eigenvalue weighted by Gasteiger charge is -2.33. The third-order valence-electron chi connectivity index (χ3n) is 5.94. The number of halogens is 2. The number of hydrogen-bond donors (Lipinski definition) is 0. The SMILES string of the molecule is CC1=C(CN2CCC2)CCc2cc(OCCCc3ccc(Cl)cc3F)ccc21. The minimum atomic E-state index is -0.238. The minimum absolute atomic E-state index is 0.238. The molecule has 0 radical (unpaired) electrons. The molecule has 0 saturated carbocycles. The summed E-state index contributed by atoms with van der Waals surface area (Å²) >= 11 is 5.80. The summed E-state index contributed by atoms with van der Waals surface area (Å²) in [6.07, 6.45) is 5.00. The largest absolute Gasteiger partial charge is 0.494 e. The normalized spacial score (nSPS) is 16.7. The van der Waals surface area contributed by atoms with E-state index in [4.69, 9.17) is 16.3 Å². The summed E-state index contributed by atoms with van der Waals surface area (Å²) in [5.41, 5.74) is 6.47. The number of nitrogens with zero attached hydrogens (tertiary/aromatic N) is 1. The fourth-order valence-corrected chi connectivity index (χ4v) is 4.24. The molecule has 2 aliphatic rings. The first-order chi connectivity index (χ1) is 13.6. The average Bonchev–Trinajstić information content (AvgIpc) is 2.64. The lowest BCUT2D eigenvalue weighted by molar-refractivity contribution is 0.197. The van der Waals surface area contributed by atoms with E-state index in [2.05, 4.69) is 30.0 Å². The van der Waals surface area contributed by atoms with Crippen molar-refractivity contribution < 1.29 is 9.13 Å². The van der Waals surface area contributed by atoms with Crippen molar-refractivity contribution in [2.75, 3.05) is 26.2 Å². The molecule has 0 bridgehead atoms. The summed E-state index contributed by atoms with van der Waals surface area (Å²) in [4.78, 5) is 2.53. The summed E-state index contributed by atoms with van der Waals surface area (Å²) < 4.78 is 19.8. The molecular formula is C24H27ClFNO. The molecule has 1 fully saturated rings. The molecule has 0 spiro atoms. The van der Waals surface area contributed by atoms with Gasteiger partial charge in [-0.15, -0.1) is 0 Å². The molecule has 28 heavy (non-hydrogen) atoms. The van der Waals surface area contributed by atoms with Crippen molar-refractivity contribution in [1.82, 2.24) is 4.90 Å². The van der Waals surface area contributed by atoms with Crippen molar-refractivity contribution >= 4 is 17.2 Å². The van der Waals surface area contributed by atoms with Gasteiger partial charge in [-0.3, -0.25) is 4.90 Å². The monoisotopic (exact) mass is 399 g/mol. The Kier molecular flexibility index (Phi) is 6.03. The zero-order chi connectivity index (χ0) is 19.5. The zero-order valence-electron chi connectivity index (χ0n) is 16.4. The van der Waals surface area contributed by atoms with Gasteiger partial charge in [-0.2, -0.15) is 0 Å². The number of likely N-dealkylation sites (tertiary alicyclic amines) is 1. The van der Waals surface area contributed by atoms with Crippen molar-refractivity contribution in [3.8, 4) is 5.75 Å². The number of benzene rings is 2. The number of allylic oxidation sites excluding steroid dienone is 1. The van der Waals surface area contributed by atoms with Gasteiger partial charge in [0.25, 0.3) is 0 Å². The Morgan fingerprint density at radius 2 is 1.96 bits per heavy atom. The van der Waals surface area contributed by atoms with Gasteiger partial charge in [0, 0.05) is 11.6 Å². The van der Waals surface area contributed by atoms with E-state index in [1.54, 1.807) is 17.7 Å². The molecule has 0 N–H and O–H groups in total. The summed E-state index contributed by atoms with van der Waals surface area (Å²) in [7, 11) is 0. The smallest absolute Gasteiger partial charge is 0.127 e. The second-order valence-electron chi connectivity index (χ2n) is 7.86. The van der Waals surface area contributed by atoms with Crippen LogP contribution in [-0.2, 0) is 12.8 Å². The van der Waals surface area contributed by atoms with Crippen LogP contribution in [0.25, 0.3) is 5.57 Å². The van der Waals surface area contributed by atoms with Crippen molar-refractivity contribution in [2.45, 2.75) is 39.0 Å². The molecule has 4 heteroatoms. The molecule has 4 rings (SSSR count). The highest BCUT2D eigenvalue weighted by molar-refractivity contribution is 6.30. The first kappa shape index (κ1) is 19.5. The standard InChI is InChI=1S/C24H27ClFNO/c1-17-20(16-27-11-3-12-27)6-5-19-14-22(9-10-23(17)19)28-13-2-4-18-7-8-21(25)15-24(18)26/h7-10,14-15H,2-6,11-13,16H2,1H3. The Morgan fingerprint density at radius 3 is 2.71 bits per heavy atom. The second kappa shape index (κ2) is 8.67. The van der Waals surface area contributed by atoms with Crippen molar-refractivity contribution in [1.29, 1.82) is 0 Å². The van der Waals surface area contributed by atoms with Crippen molar-refractivity contribution in [2.24, 2.45) is 0 Å². The zero-order valence-corrected chi connectivity index (χ0v) is 17.2. The molecule has 0 amide bonds. The highest BCUT2D eigenvalue weighted by Crippen LogP contribution is 2.34. The van der Waals surface area contributed by atoms with Gasteiger partial charge in [-0.05, 0) is 98.6 Å². The molecule has 1 heterocycles. The lowest BCUT2D eigenvalue weighted by atomic mass is 9.85. The van der Waals surface area contributed by atoms with Gasteiger partial charge in [0.1, 0.15) is 11.6 Å². The maximum atomic E-state index is 13.8. The maximum absolute atomic E-state index is 13.8. The van der Waals surface area contributed by atoms with Gasteiger partial charge in [-0.25, -0.2) is 4.39 Å². The van der Waals surface area contributed by atoms with E-state index in [1.165, 1.54) is 42.3 Å². The molecule has 2 aromatic rings. The van der Waals surface area contributed by atoms with Gasteiger partial charge in [0.05, 0.1) is 6.61 Å². The highest BCUT2D eigenvalue weighted by atomic mass is 35.5. The lowest BCUT2D eigenvalue weighted by Crippen LogP contribution is -2.38. The van der Waals surface area contributed by atoms with Crippen LogP contribution in [0, 0.1) is 5.82 Å². The van der Waals surface area contributed by atoms with E-state index >= 15 is 0 Å². The van der Waals surface area contributed by atoms with Crippen LogP contribution >= 0.6 is 11.6 Å². The van der Waals surface area contributed by atoms with Crippen LogP contribution in [0.1, 0.15) is 42.9 Å². The van der Waals surface area contributed by atoms with Crippen LogP contribution < -0.4 is 4.74 Å². The number of fused-ring (bicyclic) bond motifs is 1. The van der Waals surface area contributed by atoms with Gasteiger partial charge >= 0.3 is 0 Å². The Bertz CT molecular complexity index is 888. The highest BCUT2D eigenvalue weighted by Gasteiger charge is 2.21. The number of ether oxygens (including phenoxy) is 1. The minimum Gasteiger partial charge on any atom is -0.494 e. The van der Waals surface area contributed by atoms with E-state index in [-0.39, 0.29) is 5.82 Å². The van der Waals surface area contributed by atoms with Crippen LogP contribution in [0.5, 0.6) is 5.75 Å². The molecule has 2 aromatic carbocycles. The van der Waals surface area contributed by atoms with Gasteiger partial charge in [0.15, 0.2) is 0 Å².